The van der Waals surface area contributed by atoms with E-state index in [2.05, 4.69) is 9.97 Å². The lowest BCUT2D eigenvalue weighted by molar-refractivity contribution is 0.486. The van der Waals surface area contributed by atoms with Crippen LogP contribution in [0.2, 0.25) is 0 Å². The highest BCUT2D eigenvalue weighted by Crippen LogP contribution is 2.31. The monoisotopic (exact) mass is 492 g/mol. The lowest BCUT2D eigenvalue weighted by Gasteiger charge is -2.06. The van der Waals surface area contributed by atoms with Crippen molar-refractivity contribution in [3.8, 4) is 11.5 Å². The molecule has 3 heterocycles. The fraction of sp³-hybridized carbons (Fsp3) is 0. The molecule has 0 aliphatic carbocycles. The first-order chi connectivity index (χ1) is 18.7. The minimum atomic E-state index is 0.0963. The van der Waals surface area contributed by atoms with E-state index in [-0.39, 0.29) is 11.5 Å². The van der Waals surface area contributed by atoms with Crippen molar-refractivity contribution in [1.29, 1.82) is 0 Å². The summed E-state index contributed by atoms with van der Waals surface area (Å²) in [6.07, 6.45) is 3.25. The molecule has 7 aromatic rings. The standard InChI is InChI=1S/C32H20N4O2/c37-31-21-5-3-7-23(31)25-15-13-19-11-12-20-14-16-26(36-30(20)29(19)35-25)24-8-4-6-22(32(24)38)18-34-28-10-2-1-9-27(28)33-17-21/h1-18,37-38H. The van der Waals surface area contributed by atoms with E-state index in [0.717, 1.165) is 10.8 Å². The van der Waals surface area contributed by atoms with Crippen LogP contribution >= 0.6 is 0 Å². The Hall–Kier alpha value is -5.36. The van der Waals surface area contributed by atoms with E-state index in [1.54, 1.807) is 24.5 Å². The molecule has 7 rings (SSSR count). The molecular weight excluding hydrogens is 472 g/mol. The van der Waals surface area contributed by atoms with Crippen molar-refractivity contribution in [2.45, 2.75) is 0 Å². The van der Waals surface area contributed by atoms with Crippen LogP contribution in [0.1, 0.15) is 0 Å². The molecule has 180 valence electrons. The average Bonchev–Trinajstić information content (AvgIpc) is 2.95. The maximum Gasteiger partial charge on any atom is 0.133 e. The number of phenols is 2. The second kappa shape index (κ2) is 8.64. The molecule has 0 amide bonds. The average molecular weight is 493 g/mol. The van der Waals surface area contributed by atoms with E-state index < -0.39 is 0 Å². The van der Waals surface area contributed by atoms with E-state index in [1.165, 1.54) is 0 Å². The molecule has 2 N–H and O–H groups in total. The zero-order chi connectivity index (χ0) is 25.6. The Morgan fingerprint density at radius 2 is 0.842 bits per heavy atom. The van der Waals surface area contributed by atoms with Crippen LogP contribution in [0.25, 0.3) is 65.4 Å². The van der Waals surface area contributed by atoms with Crippen molar-refractivity contribution in [2.75, 3.05) is 0 Å². The predicted octanol–water partition coefficient (Wildman–Crippen LogP) is 7.28. The summed E-state index contributed by atoms with van der Waals surface area (Å²) in [6.45, 7) is 0. The molecule has 4 aromatic carbocycles. The van der Waals surface area contributed by atoms with Gasteiger partial charge >= 0.3 is 0 Å². The highest BCUT2D eigenvalue weighted by Gasteiger charge is 2.08. The number of pyridine rings is 2. The number of hydrogen-bond acceptors (Lipinski definition) is 6. The van der Waals surface area contributed by atoms with Crippen LogP contribution in [0.15, 0.2) is 109 Å². The molecule has 6 nitrogen and oxygen atoms in total. The van der Waals surface area contributed by atoms with Crippen molar-refractivity contribution < 1.29 is 10.2 Å². The van der Waals surface area contributed by atoms with Crippen molar-refractivity contribution in [1.82, 2.24) is 19.9 Å². The van der Waals surface area contributed by atoms with Gasteiger partial charge in [0, 0.05) is 44.7 Å². The zero-order valence-electron chi connectivity index (χ0n) is 20.1. The third-order valence-electron chi connectivity index (χ3n) is 6.77. The second-order valence-corrected chi connectivity index (χ2v) is 9.09. The highest BCUT2D eigenvalue weighted by molar-refractivity contribution is 6.07. The Balaban J connectivity index is 1.73. The molecule has 0 aliphatic heterocycles. The van der Waals surface area contributed by atoms with Crippen molar-refractivity contribution in [2.24, 2.45) is 0 Å². The Morgan fingerprint density at radius 3 is 1.32 bits per heavy atom. The molecule has 6 heteroatoms. The van der Waals surface area contributed by atoms with Crippen molar-refractivity contribution in [3.05, 3.63) is 109 Å². The van der Waals surface area contributed by atoms with Gasteiger partial charge < -0.3 is 10.2 Å². The summed E-state index contributed by atoms with van der Waals surface area (Å²) in [5.41, 5.74) is 3.94. The van der Waals surface area contributed by atoms with E-state index in [1.807, 2.05) is 84.9 Å². The molecule has 3 aromatic heterocycles. The van der Waals surface area contributed by atoms with Crippen LogP contribution in [0.5, 0.6) is 11.5 Å². The minimum absolute atomic E-state index is 0.0963. The Morgan fingerprint density at radius 1 is 0.395 bits per heavy atom. The molecule has 0 radical (unpaired) electrons. The van der Waals surface area contributed by atoms with E-state index in [4.69, 9.17) is 9.97 Å². The number of phenolic OH excluding ortho intramolecular Hbond substituents is 2. The minimum Gasteiger partial charge on any atom is -0.507 e. The zero-order valence-corrected chi connectivity index (χ0v) is 20.1. The SMILES string of the molecule is Oc1c2cccc1c1ccc3ccc4ccc(nc4c3n1)c1cccc(cnc3ccccc3nc2)c1O. The molecule has 0 spiro atoms. The lowest BCUT2D eigenvalue weighted by Crippen LogP contribution is -1.87. The second-order valence-electron chi connectivity index (χ2n) is 9.09. The molecule has 8 bridgehead atoms. The quantitative estimate of drug-likeness (QED) is 0.216. The topological polar surface area (TPSA) is 92.0 Å². The van der Waals surface area contributed by atoms with Crippen LogP contribution in [-0.2, 0) is 0 Å². The van der Waals surface area contributed by atoms with E-state index >= 15 is 0 Å². The maximum absolute atomic E-state index is 11.2. The largest absolute Gasteiger partial charge is 0.507 e. The third kappa shape index (κ3) is 3.59. The van der Waals surface area contributed by atoms with Gasteiger partial charge in [-0.15, -0.1) is 0 Å². The van der Waals surface area contributed by atoms with Gasteiger partial charge in [0.2, 0.25) is 0 Å². The number of fused-ring (bicyclic) bond motifs is 9. The Kier molecular flexibility index (Phi) is 4.97. The van der Waals surface area contributed by atoms with Gasteiger partial charge in [0.25, 0.3) is 0 Å². The molecule has 0 saturated carbocycles. The van der Waals surface area contributed by atoms with Gasteiger partial charge in [-0.25, -0.2) is 9.97 Å². The van der Waals surface area contributed by atoms with Crippen LogP contribution in [0.4, 0.5) is 0 Å². The number of para-hydroxylation sites is 4. The first-order valence-electron chi connectivity index (χ1n) is 12.2. The number of aromatic hydroxyl groups is 2. The van der Waals surface area contributed by atoms with Crippen LogP contribution in [0.3, 0.4) is 0 Å². The van der Waals surface area contributed by atoms with Crippen molar-refractivity contribution in [3.63, 3.8) is 0 Å². The fourth-order valence-electron chi connectivity index (χ4n) is 4.77. The number of nitrogens with zero attached hydrogens (tertiary/aromatic N) is 4. The normalized spacial score (nSPS) is 11.4. The third-order valence-corrected chi connectivity index (χ3v) is 6.77. The summed E-state index contributed by atoms with van der Waals surface area (Å²) in [6, 6.07) is 30.3. The van der Waals surface area contributed by atoms with Gasteiger partial charge in [0.1, 0.15) is 11.5 Å². The van der Waals surface area contributed by atoms with Gasteiger partial charge in [0.05, 0.1) is 33.1 Å². The van der Waals surface area contributed by atoms with Gasteiger partial charge in [-0.1, -0.05) is 48.5 Å². The van der Waals surface area contributed by atoms with Gasteiger partial charge in [0.15, 0.2) is 0 Å². The summed E-state index contributed by atoms with van der Waals surface area (Å²) >= 11 is 0. The van der Waals surface area contributed by atoms with Crippen LogP contribution in [0, 0.1) is 0 Å². The number of rotatable bonds is 0. The smallest absolute Gasteiger partial charge is 0.133 e. The van der Waals surface area contributed by atoms with E-state index in [9.17, 15) is 10.2 Å². The summed E-state index contributed by atoms with van der Waals surface area (Å²) in [7, 11) is 0. The first-order valence-corrected chi connectivity index (χ1v) is 12.2. The summed E-state index contributed by atoms with van der Waals surface area (Å²) in [4.78, 5) is 19.1. The molecule has 38 heavy (non-hydrogen) atoms. The number of benzene rings is 4. The van der Waals surface area contributed by atoms with Crippen LogP contribution < -0.4 is 0 Å². The summed E-state index contributed by atoms with van der Waals surface area (Å²) in [5.74, 6) is 0.193. The molecule has 0 saturated heterocycles. The lowest BCUT2D eigenvalue weighted by atomic mass is 10.1. The van der Waals surface area contributed by atoms with Crippen LogP contribution in [-0.4, -0.2) is 30.1 Å². The molecule has 0 aliphatic rings. The van der Waals surface area contributed by atoms with Crippen molar-refractivity contribution >= 4 is 65.4 Å². The number of hydrogen-bond donors (Lipinski definition) is 2. The Labute approximate surface area is 216 Å². The van der Waals surface area contributed by atoms with Gasteiger partial charge in [-0.2, -0.15) is 0 Å². The predicted molar refractivity (Wildman–Crippen MR) is 152 cm³/mol. The number of aromatic nitrogens is 4. The molecule has 0 unspecified atom stereocenters. The first kappa shape index (κ1) is 21.9. The van der Waals surface area contributed by atoms with Gasteiger partial charge in [-0.05, 0) is 48.5 Å². The Bertz CT molecular complexity index is 2020. The van der Waals surface area contributed by atoms with Gasteiger partial charge in [-0.3, -0.25) is 9.97 Å². The van der Waals surface area contributed by atoms with E-state index in [0.29, 0.717) is 54.6 Å². The molecular formula is C32H20N4O2. The summed E-state index contributed by atoms with van der Waals surface area (Å²) in [5, 5.41) is 26.5. The molecule has 0 fully saturated rings. The molecule has 0 atom stereocenters. The summed E-state index contributed by atoms with van der Waals surface area (Å²) < 4.78 is 0. The highest BCUT2D eigenvalue weighted by atomic mass is 16.3. The fourth-order valence-corrected chi connectivity index (χ4v) is 4.77. The maximum atomic E-state index is 11.2.